The second kappa shape index (κ2) is 10.1. The van der Waals surface area contributed by atoms with Gasteiger partial charge in [-0.05, 0) is 45.8 Å². The molecular formula is C24H30F3N9O. The summed E-state index contributed by atoms with van der Waals surface area (Å²) in [4.78, 5) is 6.75. The molecule has 1 atom stereocenters. The normalized spacial score (nSPS) is 19.3. The highest BCUT2D eigenvalue weighted by atomic mass is 19.4. The van der Waals surface area contributed by atoms with Gasteiger partial charge < -0.3 is 25.7 Å². The van der Waals surface area contributed by atoms with E-state index < -0.39 is 11.9 Å². The lowest BCUT2D eigenvalue weighted by Crippen LogP contribution is -2.44. The number of aromatic nitrogens is 5. The number of hydrogen-bond donors (Lipinski definition) is 4. The molecule has 3 aromatic rings. The Labute approximate surface area is 212 Å². The van der Waals surface area contributed by atoms with Gasteiger partial charge in [0.1, 0.15) is 17.5 Å². The second-order valence-corrected chi connectivity index (χ2v) is 9.38. The van der Waals surface area contributed by atoms with Crippen LogP contribution in [-0.2, 0) is 10.9 Å². The molecule has 10 nitrogen and oxygen atoms in total. The topological polar surface area (TPSA) is 120 Å². The van der Waals surface area contributed by atoms with E-state index in [2.05, 4.69) is 25.9 Å². The summed E-state index contributed by atoms with van der Waals surface area (Å²) in [5.41, 5.74) is -0.0708. The first-order chi connectivity index (χ1) is 17.8. The minimum absolute atomic E-state index is 0.0262. The Bertz CT molecular complexity index is 1250. The van der Waals surface area contributed by atoms with Crippen LogP contribution in [0.3, 0.4) is 0 Å². The first-order valence-electron chi connectivity index (χ1n) is 12.3. The molecule has 3 aromatic heterocycles. The molecule has 37 heavy (non-hydrogen) atoms. The number of H-pyrrole nitrogens is 1. The van der Waals surface area contributed by atoms with Crippen LogP contribution >= 0.6 is 0 Å². The Kier molecular flexibility index (Phi) is 6.90. The van der Waals surface area contributed by atoms with Gasteiger partial charge in [0.25, 0.3) is 0 Å². The first kappa shape index (κ1) is 25.2. The number of aromatic amines is 1. The molecule has 4 N–H and O–H groups in total. The maximum absolute atomic E-state index is 14.7. The molecular weight excluding hydrogens is 487 g/mol. The molecule has 0 radical (unpaired) electrons. The first-order valence-corrected chi connectivity index (χ1v) is 12.3. The zero-order chi connectivity index (χ0) is 26.2. The molecule has 0 amide bonds. The van der Waals surface area contributed by atoms with Crippen molar-refractivity contribution in [3.8, 4) is 11.1 Å². The lowest BCUT2D eigenvalue weighted by Gasteiger charge is -2.35. The van der Waals surface area contributed by atoms with E-state index in [0.717, 1.165) is 10.9 Å². The number of alkyl halides is 3. The number of ether oxygens (including phenoxy) is 1. The summed E-state index contributed by atoms with van der Waals surface area (Å²) in [7, 11) is 0. The second-order valence-electron chi connectivity index (χ2n) is 9.38. The molecule has 2 fully saturated rings. The number of morpholine rings is 1. The molecule has 2 aliphatic rings. The maximum Gasteiger partial charge on any atom is 0.433 e. The Hall–Kier alpha value is -3.45. The van der Waals surface area contributed by atoms with Gasteiger partial charge in [0.05, 0.1) is 37.2 Å². The molecule has 5 rings (SSSR count). The number of hydrogen-bond acceptors (Lipinski definition) is 8. The van der Waals surface area contributed by atoms with Crippen molar-refractivity contribution in [2.45, 2.75) is 44.9 Å². The fourth-order valence-corrected chi connectivity index (χ4v) is 5.11. The van der Waals surface area contributed by atoms with Crippen molar-refractivity contribution in [3.63, 3.8) is 0 Å². The number of aryl methyl sites for hydroxylation is 1. The third-order valence-electron chi connectivity index (χ3n) is 6.88. The van der Waals surface area contributed by atoms with Crippen LogP contribution in [0.2, 0.25) is 0 Å². The lowest BCUT2D eigenvalue weighted by molar-refractivity contribution is -0.144. The molecule has 0 saturated carbocycles. The van der Waals surface area contributed by atoms with Crippen LogP contribution in [-0.4, -0.2) is 70.1 Å². The van der Waals surface area contributed by atoms with Gasteiger partial charge in [-0.3, -0.25) is 9.78 Å². The average Bonchev–Trinajstić information content (AvgIpc) is 3.51. The number of piperidine rings is 1. The Balaban J connectivity index is 1.73. The Morgan fingerprint density at radius 2 is 2.05 bits per heavy atom. The molecule has 2 aliphatic heterocycles. The molecule has 0 aromatic carbocycles. The van der Waals surface area contributed by atoms with E-state index in [1.165, 1.54) is 0 Å². The summed E-state index contributed by atoms with van der Waals surface area (Å²) in [6.45, 7) is 6.35. The molecule has 198 valence electrons. The van der Waals surface area contributed by atoms with Crippen LogP contribution in [0.15, 0.2) is 18.3 Å². The highest BCUT2D eigenvalue weighted by molar-refractivity contribution is 5.97. The predicted octanol–water partition coefficient (Wildman–Crippen LogP) is 3.89. The molecule has 0 bridgehead atoms. The van der Waals surface area contributed by atoms with Crippen molar-refractivity contribution in [1.29, 1.82) is 5.41 Å². The van der Waals surface area contributed by atoms with Crippen molar-refractivity contribution >= 4 is 23.7 Å². The van der Waals surface area contributed by atoms with E-state index in [0.29, 0.717) is 57.3 Å². The Morgan fingerprint density at radius 3 is 2.70 bits per heavy atom. The summed E-state index contributed by atoms with van der Waals surface area (Å²) < 4.78 is 50.9. The van der Waals surface area contributed by atoms with Gasteiger partial charge in [-0.25, -0.2) is 4.98 Å². The standard InChI is InChI=1S/C24H30F3N9O/c1-14-13-37-10-9-35(14)20-11-17(18(12-28)23(32-20)31-19-5-8-30-33-19)21-15(2)34-36(22(21)24(25,26)27)16-3-6-29-7-4-16/h5,8,11-12,14,16,28-29H,3-4,6-7,9-10,13H2,1-2H3,(H2,30,31,32,33)/t14-/m1/s1. The maximum atomic E-state index is 14.7. The van der Waals surface area contributed by atoms with Gasteiger partial charge in [0, 0.05) is 35.5 Å². The van der Waals surface area contributed by atoms with Gasteiger partial charge in [-0.1, -0.05) is 0 Å². The van der Waals surface area contributed by atoms with E-state index >= 15 is 0 Å². The highest BCUT2D eigenvalue weighted by Crippen LogP contribution is 2.44. The number of rotatable bonds is 6. The third-order valence-corrected chi connectivity index (χ3v) is 6.88. The van der Waals surface area contributed by atoms with Crippen molar-refractivity contribution in [1.82, 2.24) is 30.3 Å². The number of nitrogens with one attached hydrogen (secondary N) is 4. The van der Waals surface area contributed by atoms with Gasteiger partial charge in [-0.2, -0.15) is 23.4 Å². The van der Waals surface area contributed by atoms with Gasteiger partial charge >= 0.3 is 6.18 Å². The smallest absolute Gasteiger partial charge is 0.377 e. The quantitative estimate of drug-likeness (QED) is 0.366. The fourth-order valence-electron chi connectivity index (χ4n) is 5.11. The average molecular weight is 518 g/mol. The van der Waals surface area contributed by atoms with Crippen LogP contribution in [0.25, 0.3) is 11.1 Å². The summed E-state index contributed by atoms with van der Waals surface area (Å²) in [6.07, 6.45) is -0.945. The van der Waals surface area contributed by atoms with E-state index in [4.69, 9.17) is 15.1 Å². The number of anilines is 3. The van der Waals surface area contributed by atoms with Crippen LogP contribution in [0, 0.1) is 12.3 Å². The number of halogens is 3. The van der Waals surface area contributed by atoms with Crippen molar-refractivity contribution in [2.75, 3.05) is 43.1 Å². The van der Waals surface area contributed by atoms with Crippen molar-refractivity contribution in [2.24, 2.45) is 0 Å². The molecule has 0 aliphatic carbocycles. The van der Waals surface area contributed by atoms with E-state index in [-0.39, 0.29) is 40.3 Å². The predicted molar refractivity (Wildman–Crippen MR) is 134 cm³/mol. The largest absolute Gasteiger partial charge is 0.433 e. The Morgan fingerprint density at radius 1 is 1.27 bits per heavy atom. The van der Waals surface area contributed by atoms with Crippen LogP contribution in [0.4, 0.5) is 30.6 Å². The van der Waals surface area contributed by atoms with E-state index in [1.54, 1.807) is 25.3 Å². The van der Waals surface area contributed by atoms with Crippen LogP contribution in [0.5, 0.6) is 0 Å². The third kappa shape index (κ3) is 4.92. The van der Waals surface area contributed by atoms with E-state index in [9.17, 15) is 13.2 Å². The fraction of sp³-hybridized carbons (Fsp3) is 0.500. The van der Waals surface area contributed by atoms with Crippen molar-refractivity contribution in [3.05, 3.63) is 35.3 Å². The molecule has 0 spiro atoms. The number of pyridine rings is 1. The summed E-state index contributed by atoms with van der Waals surface area (Å²) in [5, 5.41) is 25.6. The summed E-state index contributed by atoms with van der Waals surface area (Å²) in [5.74, 6) is 1.26. The minimum atomic E-state index is -4.65. The SMILES string of the molecule is Cc1nn(C2CCNCC2)c(C(F)(F)F)c1-c1cc(N2CCOC[C@H]2C)nc(Nc2ccn[nH]2)c1C=N. The molecule has 2 saturated heterocycles. The van der Waals surface area contributed by atoms with Crippen molar-refractivity contribution < 1.29 is 17.9 Å². The van der Waals surface area contributed by atoms with Gasteiger partial charge in [0.15, 0.2) is 5.69 Å². The van der Waals surface area contributed by atoms with Crippen LogP contribution in [0.1, 0.15) is 42.8 Å². The zero-order valence-electron chi connectivity index (χ0n) is 20.7. The van der Waals surface area contributed by atoms with E-state index in [1.807, 2.05) is 11.8 Å². The minimum Gasteiger partial charge on any atom is -0.377 e. The highest BCUT2D eigenvalue weighted by Gasteiger charge is 2.42. The molecule has 5 heterocycles. The van der Waals surface area contributed by atoms with Gasteiger partial charge in [0.2, 0.25) is 0 Å². The number of nitrogens with zero attached hydrogens (tertiary/aromatic N) is 5. The monoisotopic (exact) mass is 517 g/mol. The van der Waals surface area contributed by atoms with Crippen LogP contribution < -0.4 is 15.5 Å². The molecule has 0 unspecified atom stereocenters. The zero-order valence-corrected chi connectivity index (χ0v) is 20.7. The summed E-state index contributed by atoms with van der Waals surface area (Å²) >= 11 is 0. The lowest BCUT2D eigenvalue weighted by atomic mass is 9.97. The van der Waals surface area contributed by atoms with Gasteiger partial charge in [-0.15, -0.1) is 0 Å². The summed E-state index contributed by atoms with van der Waals surface area (Å²) in [6, 6.07) is 2.94. The molecule has 13 heteroatoms.